The summed E-state index contributed by atoms with van der Waals surface area (Å²) in [6.45, 7) is 5.47. The van der Waals surface area contributed by atoms with E-state index < -0.39 is 5.91 Å². The summed E-state index contributed by atoms with van der Waals surface area (Å²) in [6.07, 6.45) is 9.75. The van der Waals surface area contributed by atoms with Gasteiger partial charge in [0, 0.05) is 30.6 Å². The van der Waals surface area contributed by atoms with Crippen LogP contribution in [0.4, 0.5) is 0 Å². The minimum Gasteiger partial charge on any atom is -0.490 e. The normalized spacial score (nSPS) is 17.0. The van der Waals surface area contributed by atoms with Gasteiger partial charge in [0.25, 0.3) is 5.91 Å². The van der Waals surface area contributed by atoms with Gasteiger partial charge in [0.2, 0.25) is 5.91 Å². The van der Waals surface area contributed by atoms with Gasteiger partial charge in [-0.3, -0.25) is 14.4 Å². The standard InChI is InChI=1S/C39H39ClN2O5/c1-2-20-46-32-17-18-36-34(23-32)35(43)24-37(47-36)39(45)41-31(22-27-11-15-30(40)16-12-27)21-26-9-13-28(14-10-26)33-7-4-3-6-29(33)25-42-19-5-8-38(42)44/h2-4,6-7,11-12,15-18,21,23-24,28,31H,1,5,8-10,13-14,19-20,22,25H2,(H,41,45)/t28?,31-/m1/s1. The smallest absolute Gasteiger partial charge is 0.287 e. The summed E-state index contributed by atoms with van der Waals surface area (Å²) in [5.41, 5.74) is 4.89. The Balaban J connectivity index is 1.18. The third-order valence-corrected chi connectivity index (χ3v) is 9.32. The number of allylic oxidation sites excluding steroid dienone is 1. The van der Waals surface area contributed by atoms with Crippen molar-refractivity contribution in [3.8, 4) is 5.75 Å². The van der Waals surface area contributed by atoms with Crippen molar-refractivity contribution in [3.05, 3.63) is 135 Å². The number of benzene rings is 3. The Kier molecular flexibility index (Phi) is 10.2. The number of likely N-dealkylation sites (tertiary alicyclic amines) is 1. The highest BCUT2D eigenvalue weighted by Gasteiger charge is 2.25. The molecule has 0 bridgehead atoms. The van der Waals surface area contributed by atoms with Crippen LogP contribution in [0.2, 0.25) is 5.02 Å². The largest absolute Gasteiger partial charge is 0.490 e. The third-order valence-electron chi connectivity index (χ3n) is 9.07. The van der Waals surface area contributed by atoms with Gasteiger partial charge in [-0.25, -0.2) is 0 Å². The first-order valence-corrected chi connectivity index (χ1v) is 16.7. The average Bonchev–Trinajstić information content (AvgIpc) is 3.49. The van der Waals surface area contributed by atoms with E-state index in [0.29, 0.717) is 53.7 Å². The quantitative estimate of drug-likeness (QED) is 0.168. The van der Waals surface area contributed by atoms with Crippen LogP contribution in [-0.2, 0) is 17.8 Å². The minimum atomic E-state index is -0.453. The van der Waals surface area contributed by atoms with E-state index in [9.17, 15) is 14.4 Å². The molecule has 0 spiro atoms. The van der Waals surface area contributed by atoms with E-state index in [1.54, 1.807) is 24.3 Å². The summed E-state index contributed by atoms with van der Waals surface area (Å²) in [5.74, 6) is 0.689. The van der Waals surface area contributed by atoms with Gasteiger partial charge >= 0.3 is 0 Å². The summed E-state index contributed by atoms with van der Waals surface area (Å²) in [7, 11) is 0. The maximum atomic E-state index is 13.5. The molecule has 4 aromatic rings. The zero-order chi connectivity index (χ0) is 32.8. The van der Waals surface area contributed by atoms with Gasteiger partial charge in [0.1, 0.15) is 17.9 Å². The fraction of sp³-hybridized carbons (Fsp3) is 0.308. The lowest BCUT2D eigenvalue weighted by atomic mass is 9.79. The number of hydrogen-bond donors (Lipinski definition) is 1. The molecule has 1 saturated heterocycles. The van der Waals surface area contributed by atoms with Crippen molar-refractivity contribution in [3.63, 3.8) is 0 Å². The number of carbonyl (C=O) groups is 2. The Morgan fingerprint density at radius 1 is 1.04 bits per heavy atom. The molecule has 6 rings (SSSR count). The predicted octanol–water partition coefficient (Wildman–Crippen LogP) is 7.76. The summed E-state index contributed by atoms with van der Waals surface area (Å²) >= 11 is 6.14. The van der Waals surface area contributed by atoms with Gasteiger partial charge in [-0.1, -0.05) is 72.3 Å². The lowest BCUT2D eigenvalue weighted by Gasteiger charge is -2.28. The topological polar surface area (TPSA) is 88.8 Å². The molecule has 1 N–H and O–H groups in total. The number of nitrogens with one attached hydrogen (secondary N) is 1. The van der Waals surface area contributed by atoms with Gasteiger partial charge in [-0.15, -0.1) is 0 Å². The van der Waals surface area contributed by atoms with Gasteiger partial charge < -0.3 is 19.4 Å². The molecule has 1 aliphatic heterocycles. The molecule has 2 amide bonds. The van der Waals surface area contributed by atoms with Gasteiger partial charge in [0.05, 0.1) is 11.4 Å². The summed E-state index contributed by atoms with van der Waals surface area (Å²) in [4.78, 5) is 40.8. The average molecular weight is 651 g/mol. The Hall–Kier alpha value is -4.62. The van der Waals surface area contributed by atoms with Crippen LogP contribution >= 0.6 is 11.6 Å². The number of hydrogen-bond acceptors (Lipinski definition) is 5. The molecule has 1 aliphatic carbocycles. The Morgan fingerprint density at radius 2 is 1.83 bits per heavy atom. The first-order valence-electron chi connectivity index (χ1n) is 16.3. The fourth-order valence-corrected chi connectivity index (χ4v) is 6.79. The van der Waals surface area contributed by atoms with Gasteiger partial charge in [-0.2, -0.15) is 0 Å². The summed E-state index contributed by atoms with van der Waals surface area (Å²) < 4.78 is 11.4. The third kappa shape index (κ3) is 8.03. The molecule has 0 unspecified atom stereocenters. The van der Waals surface area contributed by atoms with Crippen molar-refractivity contribution < 1.29 is 18.7 Å². The highest BCUT2D eigenvalue weighted by Crippen LogP contribution is 2.38. The van der Waals surface area contributed by atoms with E-state index >= 15 is 0 Å². The molecule has 0 radical (unpaired) electrons. The van der Waals surface area contributed by atoms with Gasteiger partial charge in [0.15, 0.2) is 11.2 Å². The molecule has 1 atom stereocenters. The molecule has 7 nitrogen and oxygen atoms in total. The molecular formula is C39H39ClN2O5. The van der Waals surface area contributed by atoms with Crippen molar-refractivity contribution >= 4 is 34.4 Å². The van der Waals surface area contributed by atoms with E-state index in [1.165, 1.54) is 22.8 Å². The maximum Gasteiger partial charge on any atom is 0.287 e. The lowest BCUT2D eigenvalue weighted by Crippen LogP contribution is -2.36. The molecule has 1 saturated carbocycles. The predicted molar refractivity (Wildman–Crippen MR) is 185 cm³/mol. The van der Waals surface area contributed by atoms with E-state index in [1.807, 2.05) is 29.2 Å². The van der Waals surface area contributed by atoms with Crippen LogP contribution in [0.3, 0.4) is 0 Å². The molecule has 3 aromatic carbocycles. The highest BCUT2D eigenvalue weighted by atomic mass is 35.5. The highest BCUT2D eigenvalue weighted by molar-refractivity contribution is 6.30. The number of halogens is 1. The van der Waals surface area contributed by atoms with Crippen LogP contribution in [0.1, 0.15) is 71.7 Å². The second-order valence-electron chi connectivity index (χ2n) is 12.4. The zero-order valence-corrected chi connectivity index (χ0v) is 27.1. The number of amides is 2. The first-order chi connectivity index (χ1) is 22.9. The SMILES string of the molecule is C=CCOc1ccc2oc(C(=O)N[C@H](C=C3CCC(c4ccccc4CN4CCCC4=O)CC3)Cc3ccc(Cl)cc3)cc(=O)c2c1. The second kappa shape index (κ2) is 14.9. The lowest BCUT2D eigenvalue weighted by molar-refractivity contribution is -0.128. The number of ether oxygens (including phenoxy) is 1. The van der Waals surface area contributed by atoms with Crippen LogP contribution in [0.5, 0.6) is 5.75 Å². The van der Waals surface area contributed by atoms with Gasteiger partial charge in [-0.05, 0) is 91.5 Å². The van der Waals surface area contributed by atoms with Crippen molar-refractivity contribution in [2.45, 2.75) is 63.5 Å². The van der Waals surface area contributed by atoms with E-state index in [4.69, 9.17) is 20.8 Å². The van der Waals surface area contributed by atoms with E-state index in [2.05, 4.69) is 42.2 Å². The van der Waals surface area contributed by atoms with Crippen molar-refractivity contribution in [1.29, 1.82) is 0 Å². The Morgan fingerprint density at radius 3 is 2.57 bits per heavy atom. The van der Waals surface area contributed by atoms with Crippen molar-refractivity contribution in [1.82, 2.24) is 10.2 Å². The number of carbonyl (C=O) groups excluding carboxylic acids is 2. The second-order valence-corrected chi connectivity index (χ2v) is 12.8. The van der Waals surface area contributed by atoms with E-state index in [-0.39, 0.29) is 23.1 Å². The first kappa shape index (κ1) is 32.3. The van der Waals surface area contributed by atoms with Crippen LogP contribution in [0, 0.1) is 0 Å². The van der Waals surface area contributed by atoms with Crippen molar-refractivity contribution in [2.24, 2.45) is 0 Å². The molecule has 47 heavy (non-hydrogen) atoms. The van der Waals surface area contributed by atoms with Crippen molar-refractivity contribution in [2.75, 3.05) is 13.2 Å². The molecule has 242 valence electrons. The zero-order valence-electron chi connectivity index (χ0n) is 26.4. The number of rotatable bonds is 11. The van der Waals surface area contributed by atoms with Crippen LogP contribution in [-0.4, -0.2) is 35.9 Å². The van der Waals surface area contributed by atoms with E-state index in [0.717, 1.165) is 44.2 Å². The van der Waals surface area contributed by atoms with Crippen LogP contribution in [0.15, 0.2) is 106 Å². The maximum absolute atomic E-state index is 13.5. The number of nitrogens with zero attached hydrogens (tertiary/aromatic N) is 1. The monoisotopic (exact) mass is 650 g/mol. The molecular weight excluding hydrogens is 612 g/mol. The molecule has 8 heteroatoms. The molecule has 2 heterocycles. The Bertz CT molecular complexity index is 1850. The summed E-state index contributed by atoms with van der Waals surface area (Å²) in [5, 5.41) is 4.11. The molecule has 2 aliphatic rings. The fourth-order valence-electron chi connectivity index (χ4n) is 6.66. The molecule has 2 fully saturated rings. The minimum absolute atomic E-state index is 0.0430. The number of fused-ring (bicyclic) bond motifs is 1. The Labute approximate surface area is 279 Å². The summed E-state index contributed by atoms with van der Waals surface area (Å²) in [6, 6.07) is 22.0. The van der Waals surface area contributed by atoms with Crippen LogP contribution in [0.25, 0.3) is 11.0 Å². The molecule has 1 aromatic heterocycles. The van der Waals surface area contributed by atoms with Crippen LogP contribution < -0.4 is 15.5 Å².